The van der Waals surface area contributed by atoms with Crippen molar-refractivity contribution in [3.8, 4) is 22.1 Å². The molecule has 0 bridgehead atoms. The standard InChI is InChI=1S/C20H18ClN3O3S/c1-12-17(23-20(28-12)13-7-5-4-6-8-13)19(25)24-22-11-14-9-10-15(26-2)18(27-3)16(14)21/h4-11H,1-3H3,(H,24,25)/b22-11-. The first-order chi connectivity index (χ1) is 13.5. The Bertz CT molecular complexity index is 1020. The summed E-state index contributed by atoms with van der Waals surface area (Å²) in [5, 5.41) is 5.12. The number of benzene rings is 2. The summed E-state index contributed by atoms with van der Waals surface area (Å²) >= 11 is 7.76. The number of methoxy groups -OCH3 is 2. The van der Waals surface area contributed by atoms with Crippen LogP contribution in [0.1, 0.15) is 20.9 Å². The molecular weight excluding hydrogens is 398 g/mol. The summed E-state index contributed by atoms with van der Waals surface area (Å²) in [7, 11) is 3.03. The summed E-state index contributed by atoms with van der Waals surface area (Å²) in [4.78, 5) is 17.7. The molecule has 0 unspecified atom stereocenters. The average Bonchev–Trinajstić information content (AvgIpc) is 3.11. The molecule has 1 N–H and O–H groups in total. The molecular formula is C20H18ClN3O3S. The van der Waals surface area contributed by atoms with Gasteiger partial charge in [-0.05, 0) is 19.1 Å². The maximum atomic E-state index is 12.5. The van der Waals surface area contributed by atoms with E-state index in [0.29, 0.717) is 27.8 Å². The van der Waals surface area contributed by atoms with Crippen LogP contribution in [-0.4, -0.2) is 31.3 Å². The van der Waals surface area contributed by atoms with Crippen LogP contribution in [0.2, 0.25) is 5.02 Å². The van der Waals surface area contributed by atoms with Crippen LogP contribution in [0.15, 0.2) is 47.6 Å². The second kappa shape index (κ2) is 8.86. The Balaban J connectivity index is 1.75. The largest absolute Gasteiger partial charge is 0.493 e. The molecule has 0 fully saturated rings. The third-order valence-electron chi connectivity index (χ3n) is 3.92. The van der Waals surface area contributed by atoms with Crippen LogP contribution in [0, 0.1) is 6.92 Å². The van der Waals surface area contributed by atoms with E-state index >= 15 is 0 Å². The fourth-order valence-electron chi connectivity index (χ4n) is 2.53. The average molecular weight is 416 g/mol. The zero-order chi connectivity index (χ0) is 20.1. The lowest BCUT2D eigenvalue weighted by Gasteiger charge is -2.10. The summed E-state index contributed by atoms with van der Waals surface area (Å²) in [6, 6.07) is 13.2. The van der Waals surface area contributed by atoms with Crippen LogP contribution in [0.25, 0.3) is 10.6 Å². The monoisotopic (exact) mass is 415 g/mol. The molecule has 0 aliphatic heterocycles. The second-order valence-electron chi connectivity index (χ2n) is 5.69. The molecule has 1 heterocycles. The van der Waals surface area contributed by atoms with Gasteiger partial charge in [-0.15, -0.1) is 11.3 Å². The Morgan fingerprint density at radius 2 is 1.93 bits per heavy atom. The third-order valence-corrected chi connectivity index (χ3v) is 5.33. The normalized spacial score (nSPS) is 10.9. The van der Waals surface area contributed by atoms with Crippen LogP contribution in [0.3, 0.4) is 0 Å². The lowest BCUT2D eigenvalue weighted by molar-refractivity contribution is 0.0950. The predicted octanol–water partition coefficient (Wildman–Crippen LogP) is 4.55. The number of aromatic nitrogens is 1. The van der Waals surface area contributed by atoms with E-state index in [9.17, 15) is 4.79 Å². The van der Waals surface area contributed by atoms with Crippen molar-refractivity contribution in [2.45, 2.75) is 6.92 Å². The highest BCUT2D eigenvalue weighted by Gasteiger charge is 2.16. The smallest absolute Gasteiger partial charge is 0.291 e. The molecule has 3 aromatic rings. The molecule has 2 aromatic carbocycles. The molecule has 1 amide bonds. The first-order valence-electron chi connectivity index (χ1n) is 8.32. The van der Waals surface area contributed by atoms with E-state index in [0.717, 1.165) is 15.4 Å². The van der Waals surface area contributed by atoms with Crippen molar-refractivity contribution >= 4 is 35.1 Å². The Morgan fingerprint density at radius 3 is 2.61 bits per heavy atom. The highest BCUT2D eigenvalue weighted by Crippen LogP contribution is 2.36. The zero-order valence-corrected chi connectivity index (χ0v) is 17.1. The number of hydrazone groups is 1. The lowest BCUT2D eigenvalue weighted by Crippen LogP contribution is -2.19. The van der Waals surface area contributed by atoms with E-state index in [1.807, 2.05) is 37.3 Å². The number of hydrogen-bond donors (Lipinski definition) is 1. The van der Waals surface area contributed by atoms with Gasteiger partial charge in [0.15, 0.2) is 11.5 Å². The summed E-state index contributed by atoms with van der Waals surface area (Å²) < 4.78 is 10.4. The van der Waals surface area contributed by atoms with Gasteiger partial charge in [-0.2, -0.15) is 5.10 Å². The molecule has 0 radical (unpaired) electrons. The Hall–Kier alpha value is -2.90. The number of carbonyl (C=O) groups is 1. The number of nitrogens with one attached hydrogen (secondary N) is 1. The Morgan fingerprint density at radius 1 is 1.18 bits per heavy atom. The zero-order valence-electron chi connectivity index (χ0n) is 15.5. The summed E-state index contributed by atoms with van der Waals surface area (Å²) in [6.07, 6.45) is 1.45. The number of amides is 1. The van der Waals surface area contributed by atoms with Crippen molar-refractivity contribution in [1.82, 2.24) is 10.4 Å². The van der Waals surface area contributed by atoms with Crippen LogP contribution >= 0.6 is 22.9 Å². The number of halogens is 1. The van der Waals surface area contributed by atoms with Crippen LogP contribution in [-0.2, 0) is 0 Å². The van der Waals surface area contributed by atoms with E-state index in [4.69, 9.17) is 21.1 Å². The fraction of sp³-hybridized carbons (Fsp3) is 0.150. The number of rotatable bonds is 6. The molecule has 0 aliphatic carbocycles. The molecule has 3 rings (SSSR count). The molecule has 0 saturated heterocycles. The number of aryl methyl sites for hydroxylation is 1. The van der Waals surface area contributed by atoms with Crippen molar-refractivity contribution in [3.05, 3.63) is 63.6 Å². The highest BCUT2D eigenvalue weighted by atomic mass is 35.5. The first-order valence-corrected chi connectivity index (χ1v) is 9.51. The molecule has 0 atom stereocenters. The number of thiazole rings is 1. The quantitative estimate of drug-likeness (QED) is 0.473. The minimum absolute atomic E-state index is 0.344. The highest BCUT2D eigenvalue weighted by molar-refractivity contribution is 7.15. The maximum Gasteiger partial charge on any atom is 0.291 e. The molecule has 0 spiro atoms. The Labute approximate surface area is 171 Å². The molecule has 0 saturated carbocycles. The number of nitrogens with zero attached hydrogens (tertiary/aromatic N) is 2. The first kappa shape index (κ1) is 19.9. The van der Waals surface area contributed by atoms with Gasteiger partial charge < -0.3 is 9.47 Å². The lowest BCUT2D eigenvalue weighted by atomic mass is 10.2. The van der Waals surface area contributed by atoms with E-state index < -0.39 is 0 Å². The number of hydrogen-bond acceptors (Lipinski definition) is 6. The van der Waals surface area contributed by atoms with Gasteiger partial charge in [0.05, 0.1) is 25.5 Å². The van der Waals surface area contributed by atoms with Crippen LogP contribution in [0.5, 0.6) is 11.5 Å². The van der Waals surface area contributed by atoms with Gasteiger partial charge in [0.25, 0.3) is 5.91 Å². The van der Waals surface area contributed by atoms with E-state index in [1.165, 1.54) is 31.8 Å². The maximum absolute atomic E-state index is 12.5. The van der Waals surface area contributed by atoms with Gasteiger partial charge >= 0.3 is 0 Å². The van der Waals surface area contributed by atoms with E-state index in [2.05, 4.69) is 15.5 Å². The molecule has 144 valence electrons. The van der Waals surface area contributed by atoms with Crippen molar-refractivity contribution in [2.24, 2.45) is 5.10 Å². The van der Waals surface area contributed by atoms with Gasteiger partial charge in [-0.3, -0.25) is 4.79 Å². The molecule has 6 nitrogen and oxygen atoms in total. The van der Waals surface area contributed by atoms with Crippen molar-refractivity contribution < 1.29 is 14.3 Å². The molecule has 1 aromatic heterocycles. The van der Waals surface area contributed by atoms with Crippen molar-refractivity contribution in [2.75, 3.05) is 14.2 Å². The Kier molecular flexibility index (Phi) is 6.28. The molecule has 28 heavy (non-hydrogen) atoms. The van der Waals surface area contributed by atoms with Crippen molar-refractivity contribution in [3.63, 3.8) is 0 Å². The van der Waals surface area contributed by atoms with Gasteiger partial charge in [-0.25, -0.2) is 10.4 Å². The van der Waals surface area contributed by atoms with Gasteiger partial charge in [0, 0.05) is 16.0 Å². The van der Waals surface area contributed by atoms with Gasteiger partial charge in [0.2, 0.25) is 0 Å². The second-order valence-corrected chi connectivity index (χ2v) is 7.27. The third kappa shape index (κ3) is 4.16. The van der Waals surface area contributed by atoms with Crippen LogP contribution in [0.4, 0.5) is 0 Å². The fourth-order valence-corrected chi connectivity index (χ4v) is 3.73. The SMILES string of the molecule is COc1ccc(/C=N\NC(=O)c2nc(-c3ccccc3)sc2C)c(Cl)c1OC. The van der Waals surface area contributed by atoms with Crippen molar-refractivity contribution in [1.29, 1.82) is 0 Å². The predicted molar refractivity (Wildman–Crippen MR) is 112 cm³/mol. The molecule has 8 heteroatoms. The van der Waals surface area contributed by atoms with E-state index in [1.54, 1.807) is 12.1 Å². The topological polar surface area (TPSA) is 72.8 Å². The number of carbonyl (C=O) groups excluding carboxylic acids is 1. The summed E-state index contributed by atoms with van der Waals surface area (Å²) in [5.74, 6) is 0.534. The van der Waals surface area contributed by atoms with Gasteiger partial charge in [0.1, 0.15) is 10.7 Å². The minimum atomic E-state index is -0.385. The minimum Gasteiger partial charge on any atom is -0.493 e. The summed E-state index contributed by atoms with van der Waals surface area (Å²) in [5.41, 5.74) is 4.39. The van der Waals surface area contributed by atoms with Gasteiger partial charge in [-0.1, -0.05) is 41.9 Å². The number of ether oxygens (including phenoxy) is 2. The van der Waals surface area contributed by atoms with E-state index in [-0.39, 0.29) is 5.91 Å². The summed E-state index contributed by atoms with van der Waals surface area (Å²) in [6.45, 7) is 1.86. The van der Waals surface area contributed by atoms with Crippen LogP contribution < -0.4 is 14.9 Å². The molecule has 0 aliphatic rings.